The normalized spacial score (nSPS) is 20.2. The molecule has 0 atom stereocenters. The lowest BCUT2D eigenvalue weighted by molar-refractivity contribution is 0.199. The highest BCUT2D eigenvalue weighted by molar-refractivity contribution is 6.17. The summed E-state index contributed by atoms with van der Waals surface area (Å²) in [5, 5.41) is 8.33. The highest BCUT2D eigenvalue weighted by Gasteiger charge is 1.93. The van der Waals surface area contributed by atoms with Gasteiger partial charge in [-0.15, -0.1) is 0 Å². The Labute approximate surface area is 35.0 Å². The maximum Gasteiger partial charge on any atom is 0.243 e. The van der Waals surface area contributed by atoms with Crippen molar-refractivity contribution < 1.29 is 5.11 Å². The average Bonchev–Trinajstić information content (AvgIpc) is 1.86. The van der Waals surface area contributed by atoms with Gasteiger partial charge in [-0.3, -0.25) is 0 Å². The Balaban J connectivity index is 2.60. The number of hydrogen-bond acceptors (Lipinski definition) is 3. The predicted molar refractivity (Wildman–Crippen MR) is 23.0 cm³/mol. The monoisotopic (exact) mass is 84.0 g/mol. The predicted octanol–water partition coefficient (Wildman–Crippen LogP) is -0.583. The molecular weight excluding hydrogens is 80.0 g/mol. The van der Waals surface area contributed by atoms with Crippen LogP contribution in [0.2, 0.25) is 0 Å². The summed E-state index contributed by atoms with van der Waals surface area (Å²) in [6, 6.07) is 0. The molecule has 3 heteroatoms. The summed E-state index contributed by atoms with van der Waals surface area (Å²) in [7, 11) is 0. The highest BCUT2D eigenvalue weighted by atomic mass is 16.3. The van der Waals surface area contributed by atoms with Crippen molar-refractivity contribution in [1.29, 1.82) is 0 Å². The zero-order valence-electron chi connectivity index (χ0n) is 3.07. The largest absolute Gasteiger partial charge is 0.354 e. The first-order valence-corrected chi connectivity index (χ1v) is 1.62. The lowest BCUT2D eigenvalue weighted by Crippen LogP contribution is -1.89. The van der Waals surface area contributed by atoms with Crippen LogP contribution in [0, 0.1) is 0 Å². The molecule has 1 rings (SSSR count). The smallest absolute Gasteiger partial charge is 0.243 e. The molecule has 0 unspecified atom stereocenters. The van der Waals surface area contributed by atoms with E-state index in [0.29, 0.717) is 0 Å². The molecule has 0 aromatic rings. The van der Waals surface area contributed by atoms with E-state index in [2.05, 4.69) is 9.98 Å². The first kappa shape index (κ1) is 3.49. The van der Waals surface area contributed by atoms with E-state index in [1.165, 1.54) is 12.4 Å². The van der Waals surface area contributed by atoms with Gasteiger partial charge in [0.1, 0.15) is 0 Å². The number of rotatable bonds is 0. The van der Waals surface area contributed by atoms with Gasteiger partial charge in [-0.2, -0.15) is 0 Å². The SMILES string of the molecule is OC1N=CC=N1. The van der Waals surface area contributed by atoms with Gasteiger partial charge in [-0.05, 0) is 0 Å². The molecule has 3 nitrogen and oxygen atoms in total. The number of hydrogen-bond donors (Lipinski definition) is 1. The quantitative estimate of drug-likeness (QED) is 0.419. The van der Waals surface area contributed by atoms with Gasteiger partial charge in [0.15, 0.2) is 0 Å². The zero-order valence-corrected chi connectivity index (χ0v) is 3.07. The molecule has 0 spiro atoms. The van der Waals surface area contributed by atoms with E-state index in [0.717, 1.165) is 0 Å². The second-order valence-corrected chi connectivity index (χ2v) is 0.943. The summed E-state index contributed by atoms with van der Waals surface area (Å²) in [6.07, 6.45) is 2.11. The summed E-state index contributed by atoms with van der Waals surface area (Å²) in [4.78, 5) is 6.89. The molecule has 1 heterocycles. The molecule has 32 valence electrons. The topological polar surface area (TPSA) is 45.0 Å². The molecule has 0 saturated heterocycles. The fraction of sp³-hybridized carbons (Fsp3) is 0.333. The molecule has 0 saturated carbocycles. The van der Waals surface area contributed by atoms with Gasteiger partial charge < -0.3 is 5.11 Å². The molecule has 0 bridgehead atoms. The fourth-order valence-electron chi connectivity index (χ4n) is 0.269. The summed E-state index contributed by atoms with van der Waals surface area (Å²) < 4.78 is 0. The molecule has 6 heavy (non-hydrogen) atoms. The zero-order chi connectivity index (χ0) is 4.41. The molecule has 0 amide bonds. The van der Waals surface area contributed by atoms with E-state index < -0.39 is 6.35 Å². The van der Waals surface area contributed by atoms with Crippen LogP contribution >= 0.6 is 0 Å². The maximum atomic E-state index is 8.33. The van der Waals surface area contributed by atoms with Gasteiger partial charge in [0.2, 0.25) is 6.35 Å². The number of nitrogens with zero attached hydrogens (tertiary/aromatic N) is 2. The average molecular weight is 84.1 g/mol. The van der Waals surface area contributed by atoms with Crippen LogP contribution in [0.25, 0.3) is 0 Å². The molecule has 0 aromatic carbocycles. The van der Waals surface area contributed by atoms with Crippen LogP contribution in [0.1, 0.15) is 0 Å². The number of aliphatic imine (C=N–C) groups is 2. The summed E-state index contributed by atoms with van der Waals surface area (Å²) in [5.74, 6) is 0. The van der Waals surface area contributed by atoms with E-state index in [9.17, 15) is 0 Å². The van der Waals surface area contributed by atoms with Gasteiger partial charge in [-0.25, -0.2) is 9.98 Å². The van der Waals surface area contributed by atoms with Crippen LogP contribution in [0.4, 0.5) is 0 Å². The molecule has 1 aliphatic rings. The van der Waals surface area contributed by atoms with Gasteiger partial charge in [0, 0.05) is 12.4 Å². The minimum Gasteiger partial charge on any atom is -0.354 e. The van der Waals surface area contributed by atoms with Crippen molar-refractivity contribution in [3.8, 4) is 0 Å². The lowest BCUT2D eigenvalue weighted by Gasteiger charge is -1.84. The van der Waals surface area contributed by atoms with E-state index in [4.69, 9.17) is 5.11 Å². The van der Waals surface area contributed by atoms with E-state index in [-0.39, 0.29) is 0 Å². The van der Waals surface area contributed by atoms with Gasteiger partial charge in [0.05, 0.1) is 0 Å². The summed E-state index contributed by atoms with van der Waals surface area (Å²) >= 11 is 0. The standard InChI is InChI=1S/C3H4N2O/c6-3-4-1-2-5-3/h1-3,6H. The first-order chi connectivity index (χ1) is 2.89. The van der Waals surface area contributed by atoms with Gasteiger partial charge in [0.25, 0.3) is 0 Å². The summed E-state index contributed by atoms with van der Waals surface area (Å²) in [5.41, 5.74) is 0. The van der Waals surface area contributed by atoms with Crippen molar-refractivity contribution in [2.75, 3.05) is 0 Å². The second-order valence-electron chi connectivity index (χ2n) is 0.943. The third kappa shape index (κ3) is 0.440. The Hall–Kier alpha value is -0.700. The Morgan fingerprint density at radius 2 is 1.83 bits per heavy atom. The molecular formula is C3H4N2O. The number of aliphatic hydroxyl groups is 1. The van der Waals surface area contributed by atoms with Crippen LogP contribution in [-0.2, 0) is 0 Å². The first-order valence-electron chi connectivity index (χ1n) is 1.62. The Kier molecular flexibility index (Phi) is 0.686. The minimum absolute atomic E-state index is 0.815. The summed E-state index contributed by atoms with van der Waals surface area (Å²) in [6.45, 7) is 0. The Morgan fingerprint density at radius 3 is 2.00 bits per heavy atom. The van der Waals surface area contributed by atoms with E-state index in [1.54, 1.807) is 0 Å². The molecule has 1 N–H and O–H groups in total. The van der Waals surface area contributed by atoms with E-state index in [1.807, 2.05) is 0 Å². The van der Waals surface area contributed by atoms with Crippen molar-refractivity contribution >= 4 is 12.4 Å². The van der Waals surface area contributed by atoms with E-state index >= 15 is 0 Å². The molecule has 0 aromatic heterocycles. The second kappa shape index (κ2) is 1.18. The Bertz CT molecular complexity index is 85.0. The van der Waals surface area contributed by atoms with Crippen LogP contribution in [0.3, 0.4) is 0 Å². The minimum atomic E-state index is -0.815. The van der Waals surface area contributed by atoms with Crippen LogP contribution in [0.5, 0.6) is 0 Å². The van der Waals surface area contributed by atoms with Crippen molar-refractivity contribution in [2.24, 2.45) is 9.98 Å². The van der Waals surface area contributed by atoms with Crippen LogP contribution in [-0.4, -0.2) is 23.9 Å². The third-order valence-corrected chi connectivity index (χ3v) is 0.505. The fourth-order valence-corrected chi connectivity index (χ4v) is 0.269. The van der Waals surface area contributed by atoms with Crippen molar-refractivity contribution in [1.82, 2.24) is 0 Å². The van der Waals surface area contributed by atoms with Crippen molar-refractivity contribution in [3.63, 3.8) is 0 Å². The molecule has 0 radical (unpaired) electrons. The molecule has 1 aliphatic heterocycles. The van der Waals surface area contributed by atoms with Crippen LogP contribution < -0.4 is 0 Å². The van der Waals surface area contributed by atoms with Crippen LogP contribution in [0.15, 0.2) is 9.98 Å². The Morgan fingerprint density at radius 1 is 1.33 bits per heavy atom. The van der Waals surface area contributed by atoms with Gasteiger partial charge >= 0.3 is 0 Å². The third-order valence-electron chi connectivity index (χ3n) is 0.505. The lowest BCUT2D eigenvalue weighted by atomic mass is 10.9. The van der Waals surface area contributed by atoms with Gasteiger partial charge in [-0.1, -0.05) is 0 Å². The van der Waals surface area contributed by atoms with Crippen molar-refractivity contribution in [2.45, 2.75) is 6.35 Å². The number of aliphatic hydroxyl groups excluding tert-OH is 1. The highest BCUT2D eigenvalue weighted by Crippen LogP contribution is 1.87. The molecule has 0 aliphatic carbocycles. The van der Waals surface area contributed by atoms with Crippen molar-refractivity contribution in [3.05, 3.63) is 0 Å². The molecule has 0 fully saturated rings. The maximum absolute atomic E-state index is 8.33.